The summed E-state index contributed by atoms with van der Waals surface area (Å²) >= 11 is 0. The van der Waals surface area contributed by atoms with Gasteiger partial charge < -0.3 is 4.90 Å². The van der Waals surface area contributed by atoms with E-state index in [2.05, 4.69) is 34.2 Å². The molecule has 2 heterocycles. The molecule has 1 aromatic rings. The third-order valence-electron chi connectivity index (χ3n) is 2.94. The van der Waals surface area contributed by atoms with Crippen molar-refractivity contribution in [3.05, 3.63) is 29.8 Å². The third-order valence-corrected chi connectivity index (χ3v) is 2.94. The Balaban J connectivity index is 2.13. The van der Waals surface area contributed by atoms with Gasteiger partial charge in [-0.1, -0.05) is 18.2 Å². The first-order valence-electron chi connectivity index (χ1n) is 4.84. The van der Waals surface area contributed by atoms with Gasteiger partial charge in [-0.15, -0.1) is 0 Å². The second kappa shape index (κ2) is 2.59. The van der Waals surface area contributed by atoms with Gasteiger partial charge in [-0.3, -0.25) is 0 Å². The molecule has 66 valence electrons. The Morgan fingerprint density at radius 1 is 1.31 bits per heavy atom. The highest BCUT2D eigenvalue weighted by molar-refractivity contribution is 5.68. The van der Waals surface area contributed by atoms with Crippen molar-refractivity contribution in [2.24, 2.45) is 4.99 Å². The molecule has 0 bridgehead atoms. The van der Waals surface area contributed by atoms with E-state index in [1.807, 2.05) is 6.34 Å². The lowest BCUT2D eigenvalue weighted by Gasteiger charge is -2.27. The molecule has 1 saturated heterocycles. The van der Waals surface area contributed by atoms with Crippen LogP contribution in [0.15, 0.2) is 29.3 Å². The number of fused-ring (bicyclic) bond motifs is 3. The molecular formula is C11H12N2. The minimum atomic E-state index is 0.605. The zero-order valence-corrected chi connectivity index (χ0v) is 7.48. The molecule has 0 spiro atoms. The van der Waals surface area contributed by atoms with E-state index in [9.17, 15) is 0 Å². The van der Waals surface area contributed by atoms with Gasteiger partial charge in [0.15, 0.2) is 0 Å². The molecule has 1 atom stereocenters. The van der Waals surface area contributed by atoms with E-state index in [1.54, 1.807) is 0 Å². The van der Waals surface area contributed by atoms with Gasteiger partial charge in [0.25, 0.3) is 0 Å². The first-order valence-corrected chi connectivity index (χ1v) is 4.84. The van der Waals surface area contributed by atoms with Crippen LogP contribution in [0.1, 0.15) is 24.4 Å². The second-order valence-corrected chi connectivity index (χ2v) is 3.70. The summed E-state index contributed by atoms with van der Waals surface area (Å²) in [5.74, 6) is 0. The molecule has 0 saturated carbocycles. The number of hydrogen-bond donors (Lipinski definition) is 0. The standard InChI is InChI=1S/C11H12N2/c1-2-5-10-9(4-1)11-6-3-7-13(11)8-12-10/h1-2,4-5,8,11H,3,6-7H2. The van der Waals surface area contributed by atoms with Gasteiger partial charge >= 0.3 is 0 Å². The molecule has 0 N–H and O–H groups in total. The van der Waals surface area contributed by atoms with Crippen molar-refractivity contribution in [2.75, 3.05) is 6.54 Å². The Morgan fingerprint density at radius 2 is 2.23 bits per heavy atom. The van der Waals surface area contributed by atoms with E-state index >= 15 is 0 Å². The maximum Gasteiger partial charge on any atom is 0.0917 e. The first kappa shape index (κ1) is 7.13. The van der Waals surface area contributed by atoms with E-state index < -0.39 is 0 Å². The fourth-order valence-corrected chi connectivity index (χ4v) is 2.28. The van der Waals surface area contributed by atoms with Crippen molar-refractivity contribution in [1.29, 1.82) is 0 Å². The van der Waals surface area contributed by atoms with Gasteiger partial charge in [0.2, 0.25) is 0 Å². The quantitative estimate of drug-likeness (QED) is 0.587. The molecule has 0 radical (unpaired) electrons. The lowest BCUT2D eigenvalue weighted by atomic mass is 10.0. The Morgan fingerprint density at radius 3 is 3.23 bits per heavy atom. The van der Waals surface area contributed by atoms with Crippen LogP contribution in [0, 0.1) is 0 Å². The molecule has 13 heavy (non-hydrogen) atoms. The molecule has 1 fully saturated rings. The second-order valence-electron chi connectivity index (χ2n) is 3.70. The summed E-state index contributed by atoms with van der Waals surface area (Å²) in [7, 11) is 0. The van der Waals surface area contributed by atoms with Crippen molar-refractivity contribution in [1.82, 2.24) is 4.90 Å². The van der Waals surface area contributed by atoms with Crippen LogP contribution >= 0.6 is 0 Å². The highest BCUT2D eigenvalue weighted by Crippen LogP contribution is 2.38. The summed E-state index contributed by atoms with van der Waals surface area (Å²) in [6.45, 7) is 1.17. The van der Waals surface area contributed by atoms with Gasteiger partial charge in [-0.2, -0.15) is 0 Å². The minimum absolute atomic E-state index is 0.605. The number of hydrogen-bond acceptors (Lipinski definition) is 2. The van der Waals surface area contributed by atoms with Crippen LogP contribution in [0.5, 0.6) is 0 Å². The van der Waals surface area contributed by atoms with Crippen LogP contribution < -0.4 is 0 Å². The van der Waals surface area contributed by atoms with Crippen molar-refractivity contribution in [3.8, 4) is 0 Å². The lowest BCUT2D eigenvalue weighted by Crippen LogP contribution is -2.23. The van der Waals surface area contributed by atoms with Crippen molar-refractivity contribution >= 4 is 12.0 Å². The SMILES string of the molecule is C1=Nc2ccccc2C2CCCN12. The Kier molecular flexibility index (Phi) is 1.42. The average molecular weight is 172 g/mol. The molecule has 2 nitrogen and oxygen atoms in total. The first-order chi connectivity index (χ1) is 6.45. The Hall–Kier alpha value is -1.31. The molecular weight excluding hydrogens is 160 g/mol. The van der Waals surface area contributed by atoms with E-state index in [0.717, 1.165) is 5.69 Å². The maximum absolute atomic E-state index is 4.44. The Bertz CT molecular complexity index is 357. The highest BCUT2D eigenvalue weighted by Gasteiger charge is 2.27. The molecule has 0 aliphatic carbocycles. The van der Waals surface area contributed by atoms with Crippen LogP contribution in [0.4, 0.5) is 5.69 Å². The molecule has 2 aliphatic rings. The Labute approximate surface area is 77.9 Å². The number of rotatable bonds is 0. The van der Waals surface area contributed by atoms with Gasteiger partial charge in [0, 0.05) is 12.1 Å². The van der Waals surface area contributed by atoms with Gasteiger partial charge in [-0.25, -0.2) is 4.99 Å². The lowest BCUT2D eigenvalue weighted by molar-refractivity contribution is 0.406. The van der Waals surface area contributed by atoms with Gasteiger partial charge in [0.05, 0.1) is 18.1 Å². The smallest absolute Gasteiger partial charge is 0.0917 e. The molecule has 2 aliphatic heterocycles. The third kappa shape index (κ3) is 0.981. The fraction of sp³-hybridized carbons (Fsp3) is 0.364. The molecule has 1 aromatic carbocycles. The predicted molar refractivity (Wildman–Crippen MR) is 53.3 cm³/mol. The zero-order chi connectivity index (χ0) is 8.67. The number of aliphatic imine (C=N–C) groups is 1. The summed E-state index contributed by atoms with van der Waals surface area (Å²) < 4.78 is 0. The molecule has 1 unspecified atom stereocenters. The van der Waals surface area contributed by atoms with E-state index in [-0.39, 0.29) is 0 Å². The monoisotopic (exact) mass is 172 g/mol. The average Bonchev–Trinajstić information content (AvgIpc) is 2.65. The summed E-state index contributed by atoms with van der Waals surface area (Å²) in [6.07, 6.45) is 4.58. The minimum Gasteiger partial charge on any atom is -0.355 e. The summed E-state index contributed by atoms with van der Waals surface area (Å²) in [4.78, 5) is 6.79. The maximum atomic E-state index is 4.44. The van der Waals surface area contributed by atoms with Gasteiger partial charge in [0.1, 0.15) is 0 Å². The van der Waals surface area contributed by atoms with Crippen molar-refractivity contribution < 1.29 is 0 Å². The highest BCUT2D eigenvalue weighted by atomic mass is 15.2. The van der Waals surface area contributed by atoms with Crippen LogP contribution in [0.3, 0.4) is 0 Å². The summed E-state index contributed by atoms with van der Waals surface area (Å²) in [6, 6.07) is 9.07. The molecule has 3 rings (SSSR count). The van der Waals surface area contributed by atoms with Crippen LogP contribution in [0.2, 0.25) is 0 Å². The van der Waals surface area contributed by atoms with E-state index in [0.29, 0.717) is 6.04 Å². The zero-order valence-electron chi connectivity index (χ0n) is 7.48. The van der Waals surface area contributed by atoms with Gasteiger partial charge in [-0.05, 0) is 18.9 Å². The van der Waals surface area contributed by atoms with Crippen molar-refractivity contribution in [2.45, 2.75) is 18.9 Å². The van der Waals surface area contributed by atoms with Crippen LogP contribution in [-0.2, 0) is 0 Å². The topological polar surface area (TPSA) is 15.6 Å². The summed E-state index contributed by atoms with van der Waals surface area (Å²) in [5, 5.41) is 0. The number of nitrogens with zero attached hydrogens (tertiary/aromatic N) is 2. The molecule has 0 amide bonds. The molecule has 2 heteroatoms. The number of benzene rings is 1. The van der Waals surface area contributed by atoms with E-state index in [1.165, 1.54) is 24.9 Å². The van der Waals surface area contributed by atoms with Crippen molar-refractivity contribution in [3.63, 3.8) is 0 Å². The normalized spacial score (nSPS) is 24.3. The van der Waals surface area contributed by atoms with Crippen LogP contribution in [0.25, 0.3) is 0 Å². The van der Waals surface area contributed by atoms with E-state index in [4.69, 9.17) is 0 Å². The molecule has 0 aromatic heterocycles. The summed E-state index contributed by atoms with van der Waals surface area (Å²) in [5.41, 5.74) is 2.56. The van der Waals surface area contributed by atoms with Crippen LogP contribution in [-0.4, -0.2) is 17.8 Å². The fourth-order valence-electron chi connectivity index (χ4n) is 2.28. The number of para-hydroxylation sites is 1. The predicted octanol–water partition coefficient (Wildman–Crippen LogP) is 2.50. The largest absolute Gasteiger partial charge is 0.355 e.